The fourth-order valence-corrected chi connectivity index (χ4v) is 3.84. The van der Waals surface area contributed by atoms with E-state index in [4.69, 9.17) is 0 Å². The number of rotatable bonds is 6. The minimum Gasteiger partial charge on any atom is -0.341 e. The average Bonchev–Trinajstić information content (AvgIpc) is 2.74. The minimum atomic E-state index is -1.06. The first-order chi connectivity index (χ1) is 13.9. The second-order valence-electron chi connectivity index (χ2n) is 8.33. The Morgan fingerprint density at radius 1 is 0.862 bits per heavy atom. The van der Waals surface area contributed by atoms with Gasteiger partial charge in [0.15, 0.2) is 0 Å². The molecule has 1 heterocycles. The Morgan fingerprint density at radius 3 is 1.93 bits per heavy atom. The summed E-state index contributed by atoms with van der Waals surface area (Å²) in [4.78, 5) is 32.0. The molecule has 0 saturated carbocycles. The Labute approximate surface area is 173 Å². The lowest BCUT2D eigenvalue weighted by molar-refractivity contribution is -0.154. The van der Waals surface area contributed by atoms with E-state index >= 15 is 0 Å². The number of piperazine rings is 1. The largest absolute Gasteiger partial charge is 0.341 e. The van der Waals surface area contributed by atoms with Crippen LogP contribution < -0.4 is 0 Å². The van der Waals surface area contributed by atoms with E-state index in [0.29, 0.717) is 19.6 Å². The van der Waals surface area contributed by atoms with E-state index in [2.05, 4.69) is 29.2 Å². The standard InChI is InChI=1S/C24H31N3O2/c1-24(2,22(28)25(3)18-20-10-6-4-7-11-20)23(29)27-16-14-26(15-17-27)19-21-12-8-5-9-13-21/h4-13H,14-19H2,1-3H3. The highest BCUT2D eigenvalue weighted by Crippen LogP contribution is 2.24. The molecule has 3 rings (SSSR count). The molecule has 0 radical (unpaired) electrons. The highest BCUT2D eigenvalue weighted by atomic mass is 16.2. The lowest BCUT2D eigenvalue weighted by Crippen LogP contribution is -2.55. The van der Waals surface area contributed by atoms with Gasteiger partial charge in [0, 0.05) is 46.3 Å². The quantitative estimate of drug-likeness (QED) is 0.709. The van der Waals surface area contributed by atoms with E-state index in [1.807, 2.05) is 41.3 Å². The van der Waals surface area contributed by atoms with Crippen LogP contribution in [0.3, 0.4) is 0 Å². The van der Waals surface area contributed by atoms with Gasteiger partial charge in [-0.2, -0.15) is 0 Å². The van der Waals surface area contributed by atoms with Gasteiger partial charge in [0.2, 0.25) is 11.8 Å². The van der Waals surface area contributed by atoms with Crippen LogP contribution in [0.5, 0.6) is 0 Å². The summed E-state index contributed by atoms with van der Waals surface area (Å²) in [6.45, 7) is 7.85. The maximum atomic E-state index is 13.1. The van der Waals surface area contributed by atoms with Crippen LogP contribution in [0.2, 0.25) is 0 Å². The number of hydrogen-bond donors (Lipinski definition) is 0. The third-order valence-electron chi connectivity index (χ3n) is 5.59. The second kappa shape index (κ2) is 9.23. The summed E-state index contributed by atoms with van der Waals surface area (Å²) in [7, 11) is 1.77. The zero-order valence-corrected chi connectivity index (χ0v) is 17.7. The molecule has 0 aromatic heterocycles. The number of carbonyl (C=O) groups excluding carboxylic acids is 2. The Hall–Kier alpha value is -2.66. The zero-order valence-electron chi connectivity index (χ0n) is 17.7. The molecular formula is C24H31N3O2. The van der Waals surface area contributed by atoms with Crippen LogP contribution in [0.25, 0.3) is 0 Å². The summed E-state index contributed by atoms with van der Waals surface area (Å²) >= 11 is 0. The van der Waals surface area contributed by atoms with Gasteiger partial charge in [0.05, 0.1) is 0 Å². The molecule has 1 saturated heterocycles. The van der Waals surface area contributed by atoms with E-state index in [1.54, 1.807) is 25.8 Å². The summed E-state index contributed by atoms with van der Waals surface area (Å²) in [5.74, 6) is -0.222. The van der Waals surface area contributed by atoms with Crippen molar-refractivity contribution >= 4 is 11.8 Å². The maximum absolute atomic E-state index is 13.1. The highest BCUT2D eigenvalue weighted by molar-refractivity contribution is 6.04. The Morgan fingerprint density at radius 2 is 1.38 bits per heavy atom. The first-order valence-electron chi connectivity index (χ1n) is 10.2. The van der Waals surface area contributed by atoms with Gasteiger partial charge in [-0.05, 0) is 25.0 Å². The third kappa shape index (κ3) is 5.24. The number of nitrogens with zero attached hydrogens (tertiary/aromatic N) is 3. The molecule has 0 atom stereocenters. The van der Waals surface area contributed by atoms with Crippen LogP contribution >= 0.6 is 0 Å². The Bertz CT molecular complexity index is 813. The first-order valence-corrected chi connectivity index (χ1v) is 10.2. The van der Waals surface area contributed by atoms with Crippen LogP contribution in [-0.2, 0) is 22.7 Å². The monoisotopic (exact) mass is 393 g/mol. The fraction of sp³-hybridized carbons (Fsp3) is 0.417. The summed E-state index contributed by atoms with van der Waals surface area (Å²) in [6.07, 6.45) is 0. The summed E-state index contributed by atoms with van der Waals surface area (Å²) in [5, 5.41) is 0. The van der Waals surface area contributed by atoms with Crippen molar-refractivity contribution in [1.82, 2.24) is 14.7 Å². The lowest BCUT2D eigenvalue weighted by atomic mass is 9.89. The maximum Gasteiger partial charge on any atom is 0.237 e. The third-order valence-corrected chi connectivity index (χ3v) is 5.59. The molecule has 154 valence electrons. The molecular weight excluding hydrogens is 362 g/mol. The van der Waals surface area contributed by atoms with Gasteiger partial charge in [-0.3, -0.25) is 14.5 Å². The van der Waals surface area contributed by atoms with Crippen molar-refractivity contribution in [3.8, 4) is 0 Å². The zero-order chi connectivity index (χ0) is 20.9. The minimum absolute atomic E-state index is 0.0817. The van der Waals surface area contributed by atoms with E-state index in [0.717, 1.165) is 25.2 Å². The first kappa shape index (κ1) is 21.1. The van der Waals surface area contributed by atoms with Crippen LogP contribution in [0.1, 0.15) is 25.0 Å². The number of carbonyl (C=O) groups is 2. The van der Waals surface area contributed by atoms with E-state index in [9.17, 15) is 9.59 Å². The molecule has 2 amide bonds. The van der Waals surface area contributed by atoms with Gasteiger partial charge in [-0.15, -0.1) is 0 Å². The molecule has 5 nitrogen and oxygen atoms in total. The predicted octanol–water partition coefficient (Wildman–Crippen LogP) is 3.02. The van der Waals surface area contributed by atoms with Crippen LogP contribution in [0.15, 0.2) is 60.7 Å². The normalized spacial score (nSPS) is 15.2. The number of amides is 2. The number of hydrogen-bond acceptors (Lipinski definition) is 3. The molecule has 0 N–H and O–H groups in total. The molecule has 0 spiro atoms. The van der Waals surface area contributed by atoms with Crippen molar-refractivity contribution in [2.75, 3.05) is 33.2 Å². The van der Waals surface area contributed by atoms with Gasteiger partial charge in [-0.1, -0.05) is 60.7 Å². The highest BCUT2D eigenvalue weighted by Gasteiger charge is 2.41. The summed E-state index contributed by atoms with van der Waals surface area (Å²) in [6, 6.07) is 20.2. The van der Waals surface area contributed by atoms with Crippen LogP contribution in [0, 0.1) is 5.41 Å². The van der Waals surface area contributed by atoms with Gasteiger partial charge >= 0.3 is 0 Å². The van der Waals surface area contributed by atoms with E-state index < -0.39 is 5.41 Å². The van der Waals surface area contributed by atoms with Gasteiger partial charge in [0.1, 0.15) is 5.41 Å². The van der Waals surface area contributed by atoms with Crippen LogP contribution in [0.4, 0.5) is 0 Å². The molecule has 0 bridgehead atoms. The van der Waals surface area contributed by atoms with Gasteiger partial charge in [-0.25, -0.2) is 0 Å². The van der Waals surface area contributed by atoms with E-state index in [-0.39, 0.29) is 11.8 Å². The molecule has 1 aliphatic heterocycles. The fourth-order valence-electron chi connectivity index (χ4n) is 3.84. The van der Waals surface area contributed by atoms with Crippen molar-refractivity contribution < 1.29 is 9.59 Å². The molecule has 2 aromatic carbocycles. The van der Waals surface area contributed by atoms with E-state index in [1.165, 1.54) is 5.56 Å². The van der Waals surface area contributed by atoms with Crippen molar-refractivity contribution in [1.29, 1.82) is 0 Å². The molecule has 1 aliphatic rings. The van der Waals surface area contributed by atoms with Gasteiger partial charge < -0.3 is 9.80 Å². The summed E-state index contributed by atoms with van der Waals surface area (Å²) in [5.41, 5.74) is 1.27. The molecule has 29 heavy (non-hydrogen) atoms. The topological polar surface area (TPSA) is 43.9 Å². The molecule has 0 aliphatic carbocycles. The van der Waals surface area contributed by atoms with Crippen molar-refractivity contribution in [3.63, 3.8) is 0 Å². The van der Waals surface area contributed by atoms with Crippen molar-refractivity contribution in [3.05, 3.63) is 71.8 Å². The lowest BCUT2D eigenvalue weighted by Gasteiger charge is -2.39. The molecule has 2 aromatic rings. The molecule has 0 unspecified atom stereocenters. The predicted molar refractivity (Wildman–Crippen MR) is 115 cm³/mol. The Balaban J connectivity index is 1.55. The van der Waals surface area contributed by atoms with Crippen molar-refractivity contribution in [2.45, 2.75) is 26.9 Å². The Kier molecular flexibility index (Phi) is 6.70. The van der Waals surface area contributed by atoms with Crippen molar-refractivity contribution in [2.24, 2.45) is 5.41 Å². The smallest absolute Gasteiger partial charge is 0.237 e. The summed E-state index contributed by atoms with van der Waals surface area (Å²) < 4.78 is 0. The SMILES string of the molecule is CN(Cc1ccccc1)C(=O)C(C)(C)C(=O)N1CCN(Cc2ccccc2)CC1. The molecule has 1 fully saturated rings. The van der Waals surface area contributed by atoms with Gasteiger partial charge in [0.25, 0.3) is 0 Å². The number of benzene rings is 2. The van der Waals surface area contributed by atoms with Crippen LogP contribution in [-0.4, -0.2) is 59.7 Å². The average molecular weight is 394 g/mol. The second-order valence-corrected chi connectivity index (χ2v) is 8.33. The molecule has 5 heteroatoms.